The monoisotopic (exact) mass is 474 g/mol. The summed E-state index contributed by atoms with van der Waals surface area (Å²) in [4.78, 5) is 0. The maximum Gasteiger partial charge on any atom is 0.119 e. The summed E-state index contributed by atoms with van der Waals surface area (Å²) >= 11 is 0. The highest BCUT2D eigenvalue weighted by Crippen LogP contribution is 2.24. The SMILES string of the molecule is CCCCCCCC[N+](CCCCCCCC)(CCCCCCCC)Cc1cccc(OC)c1. The Kier molecular flexibility index (Phi) is 19.4. The second-order valence-electron chi connectivity index (χ2n) is 10.8. The van der Waals surface area contributed by atoms with Gasteiger partial charge in [-0.2, -0.15) is 0 Å². The fraction of sp³-hybridized carbons (Fsp3) is 0.812. The molecule has 0 fully saturated rings. The molecule has 1 rings (SSSR count). The molecule has 0 aromatic heterocycles. The van der Waals surface area contributed by atoms with Crippen molar-refractivity contribution < 1.29 is 9.22 Å². The van der Waals surface area contributed by atoms with E-state index >= 15 is 0 Å². The zero-order chi connectivity index (χ0) is 24.7. The van der Waals surface area contributed by atoms with Crippen molar-refractivity contribution in [3.8, 4) is 5.75 Å². The molecule has 2 heteroatoms. The van der Waals surface area contributed by atoms with Crippen LogP contribution in [0.4, 0.5) is 0 Å². The third-order valence-electron chi connectivity index (χ3n) is 7.61. The highest BCUT2D eigenvalue weighted by molar-refractivity contribution is 5.27. The Morgan fingerprint density at radius 3 is 1.38 bits per heavy atom. The summed E-state index contributed by atoms with van der Waals surface area (Å²) in [5.74, 6) is 1.01. The van der Waals surface area contributed by atoms with Gasteiger partial charge in [-0.1, -0.05) is 110 Å². The van der Waals surface area contributed by atoms with Gasteiger partial charge in [0, 0.05) is 5.56 Å². The predicted molar refractivity (Wildman–Crippen MR) is 152 cm³/mol. The van der Waals surface area contributed by atoms with E-state index in [1.54, 1.807) is 7.11 Å². The van der Waals surface area contributed by atoms with Gasteiger partial charge in [0.1, 0.15) is 12.3 Å². The Hall–Kier alpha value is -1.02. The number of benzene rings is 1. The lowest BCUT2D eigenvalue weighted by atomic mass is 10.0. The number of quaternary nitrogens is 1. The van der Waals surface area contributed by atoms with E-state index < -0.39 is 0 Å². The van der Waals surface area contributed by atoms with Gasteiger partial charge in [0.2, 0.25) is 0 Å². The smallest absolute Gasteiger partial charge is 0.119 e. The number of hydrogen-bond donors (Lipinski definition) is 0. The van der Waals surface area contributed by atoms with Crippen molar-refractivity contribution in [3.05, 3.63) is 29.8 Å². The Morgan fingerprint density at radius 1 is 0.559 bits per heavy atom. The van der Waals surface area contributed by atoms with Crippen LogP contribution in [0.25, 0.3) is 0 Å². The van der Waals surface area contributed by atoms with E-state index in [4.69, 9.17) is 4.74 Å². The van der Waals surface area contributed by atoms with Crippen LogP contribution in [-0.4, -0.2) is 31.2 Å². The van der Waals surface area contributed by atoms with Gasteiger partial charge >= 0.3 is 0 Å². The van der Waals surface area contributed by atoms with Crippen molar-refractivity contribution in [2.24, 2.45) is 0 Å². The fourth-order valence-electron chi connectivity index (χ4n) is 5.41. The standard InChI is InChI=1S/C32H60NO/c1-5-8-11-14-17-20-26-33(27-21-18-15-12-9-6-2,28-22-19-16-13-10-7-3)30-31-24-23-25-32(29-31)34-4/h23-25,29H,5-22,26-28,30H2,1-4H3/q+1. The molecule has 2 nitrogen and oxygen atoms in total. The van der Waals surface area contributed by atoms with Crippen LogP contribution >= 0.6 is 0 Å². The first-order valence-corrected chi connectivity index (χ1v) is 15.2. The Morgan fingerprint density at radius 2 is 0.971 bits per heavy atom. The zero-order valence-electron chi connectivity index (χ0n) is 23.7. The van der Waals surface area contributed by atoms with E-state index in [9.17, 15) is 0 Å². The van der Waals surface area contributed by atoms with Crippen molar-refractivity contribution >= 4 is 0 Å². The summed E-state index contributed by atoms with van der Waals surface area (Å²) < 4.78 is 6.86. The van der Waals surface area contributed by atoms with Crippen LogP contribution in [-0.2, 0) is 6.54 Å². The molecule has 0 saturated heterocycles. The number of hydrogen-bond acceptors (Lipinski definition) is 1. The topological polar surface area (TPSA) is 9.23 Å². The molecular formula is C32H60NO+. The van der Waals surface area contributed by atoms with Gasteiger partial charge in [-0.05, 0) is 50.7 Å². The van der Waals surface area contributed by atoms with E-state index in [0.717, 1.165) is 5.75 Å². The van der Waals surface area contributed by atoms with Crippen molar-refractivity contribution in [2.75, 3.05) is 26.7 Å². The molecule has 0 N–H and O–H groups in total. The summed E-state index contributed by atoms with van der Waals surface area (Å²) in [5, 5.41) is 0. The molecule has 0 unspecified atom stereocenters. The third-order valence-corrected chi connectivity index (χ3v) is 7.61. The summed E-state index contributed by atoms with van der Waals surface area (Å²) in [6.07, 6.45) is 25.1. The van der Waals surface area contributed by atoms with Crippen LogP contribution in [0.2, 0.25) is 0 Å². The molecule has 0 amide bonds. The van der Waals surface area contributed by atoms with Crippen molar-refractivity contribution in [2.45, 2.75) is 143 Å². The van der Waals surface area contributed by atoms with E-state index in [-0.39, 0.29) is 0 Å². The number of rotatable bonds is 24. The Bertz CT molecular complexity index is 529. The lowest BCUT2D eigenvalue weighted by molar-refractivity contribution is -0.941. The minimum absolute atomic E-state index is 1.01. The van der Waals surface area contributed by atoms with Crippen LogP contribution in [0.3, 0.4) is 0 Å². The van der Waals surface area contributed by atoms with Gasteiger partial charge in [0.25, 0.3) is 0 Å². The summed E-state index contributed by atoms with van der Waals surface area (Å²) in [5.41, 5.74) is 1.46. The number of methoxy groups -OCH3 is 1. The first kappa shape index (κ1) is 31.0. The molecule has 1 aromatic rings. The van der Waals surface area contributed by atoms with Crippen molar-refractivity contribution in [1.82, 2.24) is 0 Å². The van der Waals surface area contributed by atoms with Crippen molar-refractivity contribution in [3.63, 3.8) is 0 Å². The zero-order valence-corrected chi connectivity index (χ0v) is 23.7. The molecule has 0 aliphatic heterocycles. The Balaban J connectivity index is 2.82. The number of nitrogens with zero attached hydrogens (tertiary/aromatic N) is 1. The number of ether oxygens (including phenoxy) is 1. The van der Waals surface area contributed by atoms with E-state index in [1.165, 1.54) is 152 Å². The first-order chi connectivity index (χ1) is 16.7. The van der Waals surface area contributed by atoms with Gasteiger partial charge in [-0.25, -0.2) is 0 Å². The highest BCUT2D eigenvalue weighted by atomic mass is 16.5. The quantitative estimate of drug-likeness (QED) is 0.107. The lowest BCUT2D eigenvalue weighted by Gasteiger charge is -2.39. The summed E-state index contributed by atoms with van der Waals surface area (Å²) in [7, 11) is 1.80. The number of unbranched alkanes of at least 4 members (excludes halogenated alkanes) is 15. The molecule has 0 aliphatic rings. The van der Waals surface area contributed by atoms with Gasteiger partial charge in [-0.15, -0.1) is 0 Å². The van der Waals surface area contributed by atoms with Gasteiger partial charge in [0.05, 0.1) is 26.7 Å². The minimum atomic E-state index is 1.01. The van der Waals surface area contributed by atoms with E-state index in [0.29, 0.717) is 0 Å². The maximum atomic E-state index is 5.57. The fourth-order valence-corrected chi connectivity index (χ4v) is 5.41. The molecule has 1 aromatic carbocycles. The van der Waals surface area contributed by atoms with E-state index in [2.05, 4.69) is 45.0 Å². The third kappa shape index (κ3) is 15.1. The van der Waals surface area contributed by atoms with Crippen LogP contribution < -0.4 is 4.74 Å². The van der Waals surface area contributed by atoms with Crippen LogP contribution in [0.1, 0.15) is 142 Å². The molecule has 0 spiro atoms. The molecule has 0 bridgehead atoms. The largest absolute Gasteiger partial charge is 0.497 e. The molecule has 34 heavy (non-hydrogen) atoms. The van der Waals surface area contributed by atoms with Crippen LogP contribution in [0.5, 0.6) is 5.75 Å². The van der Waals surface area contributed by atoms with Crippen molar-refractivity contribution in [1.29, 1.82) is 0 Å². The van der Waals surface area contributed by atoms with E-state index in [1.807, 2.05) is 0 Å². The molecule has 0 aliphatic carbocycles. The van der Waals surface area contributed by atoms with Gasteiger partial charge < -0.3 is 9.22 Å². The molecule has 198 valence electrons. The molecule has 0 saturated carbocycles. The highest BCUT2D eigenvalue weighted by Gasteiger charge is 2.27. The molecule has 0 heterocycles. The van der Waals surface area contributed by atoms with Gasteiger partial charge in [0.15, 0.2) is 0 Å². The molecule has 0 radical (unpaired) electrons. The predicted octanol–water partition coefficient (Wildman–Crippen LogP) is 10.1. The minimum Gasteiger partial charge on any atom is -0.497 e. The van der Waals surface area contributed by atoms with Gasteiger partial charge in [-0.3, -0.25) is 0 Å². The maximum absolute atomic E-state index is 5.57. The lowest BCUT2D eigenvalue weighted by Crippen LogP contribution is -2.49. The van der Waals surface area contributed by atoms with Crippen LogP contribution in [0.15, 0.2) is 24.3 Å². The summed E-state index contributed by atoms with van der Waals surface area (Å²) in [6, 6.07) is 8.90. The first-order valence-electron chi connectivity index (χ1n) is 15.2. The molecule has 0 atom stereocenters. The molecular weight excluding hydrogens is 414 g/mol. The average molecular weight is 475 g/mol. The average Bonchev–Trinajstić information content (AvgIpc) is 2.85. The second kappa shape index (κ2) is 21.3. The summed E-state index contributed by atoms with van der Waals surface area (Å²) in [6.45, 7) is 12.2. The second-order valence-corrected chi connectivity index (χ2v) is 10.8. The normalized spacial score (nSPS) is 11.8. The van der Waals surface area contributed by atoms with Crippen LogP contribution in [0, 0.1) is 0 Å². The Labute approximate surface area is 214 Å².